The molecule has 1 heterocycles. The lowest BCUT2D eigenvalue weighted by Gasteiger charge is -2.20. The highest BCUT2D eigenvalue weighted by atomic mass is 35.5. The molecule has 0 aliphatic carbocycles. The van der Waals surface area contributed by atoms with Crippen LogP contribution in [0.3, 0.4) is 0 Å². The number of hydrogen-bond donors (Lipinski definition) is 1. The van der Waals surface area contributed by atoms with Gasteiger partial charge in [0.15, 0.2) is 0 Å². The van der Waals surface area contributed by atoms with Crippen LogP contribution in [-0.2, 0) is 0 Å². The van der Waals surface area contributed by atoms with Gasteiger partial charge in [-0.05, 0) is 69.0 Å². The summed E-state index contributed by atoms with van der Waals surface area (Å²) in [5.74, 6) is 0. The fourth-order valence-corrected chi connectivity index (χ4v) is 2.63. The van der Waals surface area contributed by atoms with E-state index in [4.69, 9.17) is 11.6 Å². The van der Waals surface area contributed by atoms with Crippen LogP contribution in [0.5, 0.6) is 0 Å². The second-order valence-corrected chi connectivity index (χ2v) is 5.81. The monoisotopic (exact) mass is 288 g/mol. The SMILES string of the molecule is Cc1cc(C)c(C(C)Nc2ccc(Cl)nc2C)cc1C. The van der Waals surface area contributed by atoms with Crippen LogP contribution < -0.4 is 5.32 Å². The molecule has 0 radical (unpaired) electrons. The molecule has 1 atom stereocenters. The molecule has 1 N–H and O–H groups in total. The number of pyridine rings is 1. The van der Waals surface area contributed by atoms with Crippen molar-refractivity contribution in [3.63, 3.8) is 0 Å². The second kappa shape index (κ2) is 5.84. The first-order chi connectivity index (χ1) is 9.38. The largest absolute Gasteiger partial charge is 0.377 e. The van der Waals surface area contributed by atoms with E-state index in [2.05, 4.69) is 50.1 Å². The molecule has 2 aromatic rings. The van der Waals surface area contributed by atoms with E-state index in [1.54, 1.807) is 0 Å². The molecule has 1 unspecified atom stereocenters. The summed E-state index contributed by atoms with van der Waals surface area (Å²) >= 11 is 5.90. The first-order valence-corrected chi connectivity index (χ1v) is 7.23. The van der Waals surface area contributed by atoms with Crippen LogP contribution >= 0.6 is 11.6 Å². The quantitative estimate of drug-likeness (QED) is 0.791. The van der Waals surface area contributed by atoms with Gasteiger partial charge in [0.05, 0.1) is 11.4 Å². The van der Waals surface area contributed by atoms with Gasteiger partial charge >= 0.3 is 0 Å². The van der Waals surface area contributed by atoms with Crippen LogP contribution in [0.4, 0.5) is 5.69 Å². The standard InChI is InChI=1S/C17H21ClN2/c1-10-8-12(3)15(9-11(10)2)13(4)19-16-6-7-17(18)20-14(16)5/h6-9,13,19H,1-5H3. The highest BCUT2D eigenvalue weighted by Gasteiger charge is 2.11. The van der Waals surface area contributed by atoms with Crippen molar-refractivity contribution in [3.05, 3.63) is 57.4 Å². The smallest absolute Gasteiger partial charge is 0.129 e. The maximum atomic E-state index is 5.90. The predicted molar refractivity (Wildman–Crippen MR) is 86.7 cm³/mol. The van der Waals surface area contributed by atoms with Gasteiger partial charge in [0.1, 0.15) is 5.15 Å². The molecule has 0 saturated heterocycles. The Bertz CT molecular complexity index is 635. The van der Waals surface area contributed by atoms with Gasteiger partial charge < -0.3 is 5.32 Å². The molecule has 0 aliphatic heterocycles. The average molecular weight is 289 g/mol. The minimum atomic E-state index is 0.232. The molecular weight excluding hydrogens is 268 g/mol. The first-order valence-electron chi connectivity index (χ1n) is 6.86. The van der Waals surface area contributed by atoms with Crippen LogP contribution in [0.15, 0.2) is 24.3 Å². The normalized spacial score (nSPS) is 12.3. The Labute approximate surface area is 126 Å². The Kier molecular flexibility index (Phi) is 4.34. The van der Waals surface area contributed by atoms with Crippen LogP contribution in [0, 0.1) is 27.7 Å². The predicted octanol–water partition coefficient (Wildman–Crippen LogP) is 5.14. The van der Waals surface area contributed by atoms with Gasteiger partial charge in [-0.25, -0.2) is 4.98 Å². The van der Waals surface area contributed by atoms with Crippen LogP contribution in [-0.4, -0.2) is 4.98 Å². The molecule has 0 amide bonds. The molecule has 0 fully saturated rings. The molecule has 0 spiro atoms. The zero-order valence-electron chi connectivity index (χ0n) is 12.7. The van der Waals surface area contributed by atoms with Gasteiger partial charge in [-0.15, -0.1) is 0 Å². The molecule has 0 aliphatic rings. The highest BCUT2D eigenvalue weighted by molar-refractivity contribution is 6.29. The number of benzene rings is 1. The molecule has 20 heavy (non-hydrogen) atoms. The molecule has 106 valence electrons. The Balaban J connectivity index is 2.28. The number of aromatic nitrogens is 1. The van der Waals surface area contributed by atoms with E-state index in [1.807, 2.05) is 19.1 Å². The summed E-state index contributed by atoms with van der Waals surface area (Å²) < 4.78 is 0. The van der Waals surface area contributed by atoms with Gasteiger partial charge in [0.25, 0.3) is 0 Å². The van der Waals surface area contributed by atoms with Crippen molar-refractivity contribution in [2.24, 2.45) is 0 Å². The van der Waals surface area contributed by atoms with Crippen molar-refractivity contribution in [3.8, 4) is 0 Å². The maximum absolute atomic E-state index is 5.90. The van der Waals surface area contributed by atoms with E-state index in [9.17, 15) is 0 Å². The number of halogens is 1. The molecule has 0 saturated carbocycles. The molecule has 2 nitrogen and oxygen atoms in total. The first kappa shape index (κ1) is 14.9. The lowest BCUT2D eigenvalue weighted by molar-refractivity contribution is 0.865. The third-order valence-corrected chi connectivity index (χ3v) is 3.98. The van der Waals surface area contributed by atoms with Crippen molar-refractivity contribution in [1.82, 2.24) is 4.98 Å². The van der Waals surface area contributed by atoms with Crippen molar-refractivity contribution >= 4 is 17.3 Å². The van der Waals surface area contributed by atoms with E-state index in [0.29, 0.717) is 5.15 Å². The molecule has 1 aromatic carbocycles. The van der Waals surface area contributed by atoms with Crippen molar-refractivity contribution < 1.29 is 0 Å². The third kappa shape index (κ3) is 3.13. The van der Waals surface area contributed by atoms with Crippen LogP contribution in [0.2, 0.25) is 5.15 Å². The lowest BCUT2D eigenvalue weighted by Crippen LogP contribution is -2.10. The number of aryl methyl sites for hydroxylation is 4. The Hall–Kier alpha value is -1.54. The van der Waals surface area contributed by atoms with E-state index in [0.717, 1.165) is 11.4 Å². The highest BCUT2D eigenvalue weighted by Crippen LogP contribution is 2.26. The number of nitrogens with one attached hydrogen (secondary N) is 1. The zero-order chi connectivity index (χ0) is 14.9. The summed E-state index contributed by atoms with van der Waals surface area (Å²) in [6.07, 6.45) is 0. The summed E-state index contributed by atoms with van der Waals surface area (Å²) in [7, 11) is 0. The lowest BCUT2D eigenvalue weighted by atomic mass is 9.96. The molecule has 0 bridgehead atoms. The van der Waals surface area contributed by atoms with Gasteiger partial charge in [0, 0.05) is 6.04 Å². The molecule has 2 rings (SSSR count). The minimum absolute atomic E-state index is 0.232. The van der Waals surface area contributed by atoms with Crippen molar-refractivity contribution in [2.75, 3.05) is 5.32 Å². The summed E-state index contributed by atoms with van der Waals surface area (Å²) in [6, 6.07) is 8.54. The summed E-state index contributed by atoms with van der Waals surface area (Å²) in [4.78, 5) is 4.28. The number of rotatable bonds is 3. The van der Waals surface area contributed by atoms with Gasteiger partial charge in [-0.1, -0.05) is 23.7 Å². The second-order valence-electron chi connectivity index (χ2n) is 5.43. The number of hydrogen-bond acceptors (Lipinski definition) is 2. The summed E-state index contributed by atoms with van der Waals surface area (Å²) in [5, 5.41) is 4.05. The zero-order valence-corrected chi connectivity index (χ0v) is 13.5. The van der Waals surface area contributed by atoms with E-state index < -0.39 is 0 Å². The van der Waals surface area contributed by atoms with Crippen molar-refractivity contribution in [1.29, 1.82) is 0 Å². The molecular formula is C17H21ClN2. The molecule has 1 aromatic heterocycles. The van der Waals surface area contributed by atoms with Gasteiger partial charge in [-0.3, -0.25) is 0 Å². The van der Waals surface area contributed by atoms with E-state index >= 15 is 0 Å². The fourth-order valence-electron chi connectivity index (χ4n) is 2.44. The van der Waals surface area contributed by atoms with E-state index in [-0.39, 0.29) is 6.04 Å². The minimum Gasteiger partial charge on any atom is -0.377 e. The van der Waals surface area contributed by atoms with Crippen LogP contribution in [0.1, 0.15) is 40.9 Å². The molecule has 3 heteroatoms. The third-order valence-electron chi connectivity index (χ3n) is 3.77. The van der Waals surface area contributed by atoms with Crippen LogP contribution in [0.25, 0.3) is 0 Å². The summed E-state index contributed by atoms with van der Waals surface area (Å²) in [5.41, 5.74) is 7.24. The Morgan fingerprint density at radius 2 is 1.65 bits per heavy atom. The van der Waals surface area contributed by atoms with Gasteiger partial charge in [-0.2, -0.15) is 0 Å². The number of anilines is 1. The van der Waals surface area contributed by atoms with Gasteiger partial charge in [0.2, 0.25) is 0 Å². The Morgan fingerprint density at radius 3 is 2.30 bits per heavy atom. The maximum Gasteiger partial charge on any atom is 0.129 e. The van der Waals surface area contributed by atoms with E-state index in [1.165, 1.54) is 22.3 Å². The fraction of sp³-hybridized carbons (Fsp3) is 0.353. The number of nitrogens with zero attached hydrogens (tertiary/aromatic N) is 1. The Morgan fingerprint density at radius 1 is 1.00 bits per heavy atom. The van der Waals surface area contributed by atoms with Crippen molar-refractivity contribution in [2.45, 2.75) is 40.7 Å². The average Bonchev–Trinajstić information content (AvgIpc) is 2.37. The topological polar surface area (TPSA) is 24.9 Å². The summed E-state index contributed by atoms with van der Waals surface area (Å²) in [6.45, 7) is 10.6.